The molecule has 3 aromatic rings. The monoisotopic (exact) mass is 322 g/mol. The van der Waals surface area contributed by atoms with Crippen molar-refractivity contribution in [2.75, 3.05) is 13.2 Å². The lowest BCUT2D eigenvalue weighted by Crippen LogP contribution is -2.08. The Kier molecular flexibility index (Phi) is 3.15. The molecule has 0 radical (unpaired) electrons. The normalized spacial score (nSPS) is 18.8. The van der Waals surface area contributed by atoms with E-state index in [1.165, 1.54) is 4.57 Å². The molecular formula is C15H13F3N4O. The predicted molar refractivity (Wildman–Crippen MR) is 76.4 cm³/mol. The van der Waals surface area contributed by atoms with Gasteiger partial charge >= 0.3 is 6.18 Å². The summed E-state index contributed by atoms with van der Waals surface area (Å²) >= 11 is 0. The van der Waals surface area contributed by atoms with Crippen molar-refractivity contribution in [2.24, 2.45) is 0 Å². The van der Waals surface area contributed by atoms with E-state index in [1.807, 2.05) is 0 Å². The van der Waals surface area contributed by atoms with Crippen LogP contribution in [0.5, 0.6) is 0 Å². The Morgan fingerprint density at radius 2 is 2.17 bits per heavy atom. The predicted octanol–water partition coefficient (Wildman–Crippen LogP) is 3.27. The van der Waals surface area contributed by atoms with Gasteiger partial charge in [0.2, 0.25) is 0 Å². The van der Waals surface area contributed by atoms with Gasteiger partial charge in [-0.25, -0.2) is 4.98 Å². The molecule has 1 aliphatic heterocycles. The first-order valence-corrected chi connectivity index (χ1v) is 7.20. The summed E-state index contributed by atoms with van der Waals surface area (Å²) in [5.74, 6) is 0.254. The SMILES string of the molecule is FC(F)(F)c1cn(-c2ccc3[nH]ncc3c2)c(C2CCOC2)n1. The molecule has 0 spiro atoms. The number of H-pyrrole nitrogens is 1. The van der Waals surface area contributed by atoms with E-state index in [2.05, 4.69) is 15.2 Å². The van der Waals surface area contributed by atoms with Crippen molar-refractivity contribution in [3.05, 3.63) is 42.1 Å². The highest BCUT2D eigenvalue weighted by molar-refractivity contribution is 5.80. The van der Waals surface area contributed by atoms with Crippen LogP contribution in [0, 0.1) is 0 Å². The van der Waals surface area contributed by atoms with Crippen molar-refractivity contribution in [1.82, 2.24) is 19.7 Å². The molecule has 1 saturated heterocycles. The molecular weight excluding hydrogens is 309 g/mol. The van der Waals surface area contributed by atoms with Crippen molar-refractivity contribution < 1.29 is 17.9 Å². The third kappa shape index (κ3) is 2.48. The van der Waals surface area contributed by atoms with E-state index in [0.29, 0.717) is 31.1 Å². The molecule has 5 nitrogen and oxygen atoms in total. The molecule has 1 atom stereocenters. The van der Waals surface area contributed by atoms with Gasteiger partial charge in [0.1, 0.15) is 5.82 Å². The molecule has 120 valence electrons. The summed E-state index contributed by atoms with van der Waals surface area (Å²) in [6, 6.07) is 5.33. The number of rotatable bonds is 2. The summed E-state index contributed by atoms with van der Waals surface area (Å²) in [6.45, 7) is 0.932. The molecule has 3 heterocycles. The highest BCUT2D eigenvalue weighted by Gasteiger charge is 2.36. The molecule has 1 N–H and O–H groups in total. The zero-order chi connectivity index (χ0) is 16.0. The minimum atomic E-state index is -4.47. The Bertz CT molecular complexity index is 846. The summed E-state index contributed by atoms with van der Waals surface area (Å²) in [5, 5.41) is 7.58. The Balaban J connectivity index is 1.86. The van der Waals surface area contributed by atoms with Crippen LogP contribution in [0.1, 0.15) is 23.9 Å². The molecule has 1 fully saturated rings. The van der Waals surface area contributed by atoms with Gasteiger partial charge in [-0.2, -0.15) is 18.3 Å². The summed E-state index contributed by atoms with van der Waals surface area (Å²) < 4.78 is 46.0. The number of benzene rings is 1. The molecule has 1 aromatic carbocycles. The average molecular weight is 322 g/mol. The smallest absolute Gasteiger partial charge is 0.381 e. The molecule has 0 saturated carbocycles. The number of ether oxygens (including phenoxy) is 1. The third-order valence-corrected chi connectivity index (χ3v) is 4.02. The number of imidazole rings is 1. The summed E-state index contributed by atoms with van der Waals surface area (Å²) in [6.07, 6.45) is -1.12. The Morgan fingerprint density at radius 3 is 2.91 bits per heavy atom. The Labute approximate surface area is 129 Å². The van der Waals surface area contributed by atoms with E-state index in [4.69, 9.17) is 4.74 Å². The first-order valence-electron chi connectivity index (χ1n) is 7.20. The number of hydrogen-bond donors (Lipinski definition) is 1. The van der Waals surface area contributed by atoms with Crippen LogP contribution < -0.4 is 0 Å². The fraction of sp³-hybridized carbons (Fsp3) is 0.333. The van der Waals surface area contributed by atoms with Gasteiger partial charge in [-0.05, 0) is 24.6 Å². The van der Waals surface area contributed by atoms with Crippen molar-refractivity contribution in [1.29, 1.82) is 0 Å². The van der Waals surface area contributed by atoms with Gasteiger partial charge in [0, 0.05) is 29.8 Å². The number of aromatic nitrogens is 4. The number of nitrogens with one attached hydrogen (secondary N) is 1. The van der Waals surface area contributed by atoms with Gasteiger partial charge in [-0.3, -0.25) is 5.10 Å². The summed E-state index contributed by atoms with van der Waals surface area (Å²) in [7, 11) is 0. The molecule has 1 aliphatic rings. The molecule has 0 amide bonds. The van der Waals surface area contributed by atoms with Gasteiger partial charge in [0.15, 0.2) is 5.69 Å². The average Bonchev–Trinajstić information content (AvgIpc) is 3.24. The number of halogens is 3. The maximum atomic E-state index is 13.1. The van der Waals surface area contributed by atoms with Crippen molar-refractivity contribution >= 4 is 10.9 Å². The highest BCUT2D eigenvalue weighted by atomic mass is 19.4. The number of hydrogen-bond acceptors (Lipinski definition) is 3. The first kappa shape index (κ1) is 14.3. The highest BCUT2D eigenvalue weighted by Crippen LogP contribution is 2.34. The standard InChI is InChI=1S/C15H13F3N4O/c16-15(17,18)13-7-22(14(20-13)9-3-4-23-8-9)11-1-2-12-10(5-11)6-19-21-12/h1-2,5-7,9H,3-4,8H2,(H,19,21). The van der Waals surface area contributed by atoms with Crippen LogP contribution in [-0.4, -0.2) is 33.0 Å². The van der Waals surface area contributed by atoms with E-state index in [1.54, 1.807) is 24.4 Å². The van der Waals surface area contributed by atoms with Gasteiger partial charge < -0.3 is 9.30 Å². The zero-order valence-electron chi connectivity index (χ0n) is 12.0. The third-order valence-electron chi connectivity index (χ3n) is 4.02. The lowest BCUT2D eigenvalue weighted by Gasteiger charge is -2.11. The second kappa shape index (κ2) is 5.09. The summed E-state index contributed by atoms with van der Waals surface area (Å²) in [4.78, 5) is 3.84. The van der Waals surface area contributed by atoms with Crippen LogP contribution in [-0.2, 0) is 10.9 Å². The maximum Gasteiger partial charge on any atom is 0.434 e. The maximum absolute atomic E-state index is 13.1. The van der Waals surface area contributed by atoms with Gasteiger partial charge in [0.25, 0.3) is 0 Å². The molecule has 23 heavy (non-hydrogen) atoms. The molecule has 0 aliphatic carbocycles. The second-order valence-corrected chi connectivity index (χ2v) is 5.55. The molecule has 4 rings (SSSR count). The van der Waals surface area contributed by atoms with Crippen LogP contribution in [0.2, 0.25) is 0 Å². The quantitative estimate of drug-likeness (QED) is 0.788. The van der Waals surface area contributed by atoms with E-state index in [0.717, 1.165) is 17.1 Å². The van der Waals surface area contributed by atoms with Crippen LogP contribution in [0.25, 0.3) is 16.6 Å². The van der Waals surface area contributed by atoms with Crippen molar-refractivity contribution in [3.8, 4) is 5.69 Å². The minimum absolute atomic E-state index is 0.133. The van der Waals surface area contributed by atoms with E-state index < -0.39 is 11.9 Å². The summed E-state index contributed by atoms with van der Waals surface area (Å²) in [5.41, 5.74) is 0.575. The molecule has 8 heteroatoms. The number of alkyl halides is 3. The first-order chi connectivity index (χ1) is 11.0. The number of nitrogens with zero attached hydrogens (tertiary/aromatic N) is 3. The van der Waals surface area contributed by atoms with Gasteiger partial charge in [-0.1, -0.05) is 0 Å². The zero-order valence-corrected chi connectivity index (χ0v) is 12.0. The Hall–Kier alpha value is -2.35. The fourth-order valence-electron chi connectivity index (χ4n) is 2.84. The Morgan fingerprint density at radius 1 is 1.30 bits per heavy atom. The number of fused-ring (bicyclic) bond motifs is 1. The van der Waals surface area contributed by atoms with Gasteiger partial charge in [0.05, 0.1) is 18.3 Å². The lowest BCUT2D eigenvalue weighted by atomic mass is 10.1. The largest absolute Gasteiger partial charge is 0.434 e. The molecule has 2 aromatic heterocycles. The van der Waals surface area contributed by atoms with Crippen molar-refractivity contribution in [3.63, 3.8) is 0 Å². The number of aromatic amines is 1. The van der Waals surface area contributed by atoms with Crippen LogP contribution >= 0.6 is 0 Å². The van der Waals surface area contributed by atoms with E-state index in [9.17, 15) is 13.2 Å². The van der Waals surface area contributed by atoms with E-state index >= 15 is 0 Å². The fourth-order valence-corrected chi connectivity index (χ4v) is 2.84. The molecule has 0 bridgehead atoms. The van der Waals surface area contributed by atoms with Crippen LogP contribution in [0.3, 0.4) is 0 Å². The van der Waals surface area contributed by atoms with Crippen LogP contribution in [0.15, 0.2) is 30.6 Å². The second-order valence-electron chi connectivity index (χ2n) is 5.55. The lowest BCUT2D eigenvalue weighted by molar-refractivity contribution is -0.141. The minimum Gasteiger partial charge on any atom is -0.381 e. The van der Waals surface area contributed by atoms with Gasteiger partial charge in [-0.15, -0.1) is 0 Å². The van der Waals surface area contributed by atoms with Crippen molar-refractivity contribution in [2.45, 2.75) is 18.5 Å². The van der Waals surface area contributed by atoms with E-state index in [-0.39, 0.29) is 5.92 Å². The molecule has 1 unspecified atom stereocenters. The van der Waals surface area contributed by atoms with Crippen LogP contribution in [0.4, 0.5) is 13.2 Å². The topological polar surface area (TPSA) is 55.7 Å².